The number of aromatic nitrogens is 2. The summed E-state index contributed by atoms with van der Waals surface area (Å²) in [5.74, 6) is 0.567. The van der Waals surface area contributed by atoms with Crippen LogP contribution in [0.2, 0.25) is 0 Å². The van der Waals surface area contributed by atoms with Crippen LogP contribution < -0.4 is 10.1 Å². The summed E-state index contributed by atoms with van der Waals surface area (Å²) >= 11 is 1.48. The van der Waals surface area contributed by atoms with E-state index in [-0.39, 0.29) is 12.1 Å². The highest BCUT2D eigenvalue weighted by molar-refractivity contribution is 7.17. The van der Waals surface area contributed by atoms with E-state index in [0.29, 0.717) is 17.9 Å². The zero-order chi connectivity index (χ0) is 22.7. The minimum absolute atomic E-state index is 0.0107. The minimum Gasteiger partial charge on any atom is -0.490 e. The van der Waals surface area contributed by atoms with Gasteiger partial charge in [-0.1, -0.05) is 29.5 Å². The molecular weight excluding hydrogens is 424 g/mol. The smallest absolute Gasteiger partial charge is 0.407 e. The number of carbonyl (C=O) groups is 1. The van der Waals surface area contributed by atoms with Gasteiger partial charge in [-0.3, -0.25) is 0 Å². The average Bonchev–Trinajstić information content (AvgIpc) is 3.41. The number of hydrogen-bond acceptors (Lipinski definition) is 7. The zero-order valence-corrected chi connectivity index (χ0v) is 19.0. The normalized spacial score (nSPS) is 14.7. The fourth-order valence-corrected chi connectivity index (χ4v) is 4.77. The van der Waals surface area contributed by atoms with E-state index in [1.54, 1.807) is 19.1 Å². The molecule has 1 aliphatic carbocycles. The lowest BCUT2D eigenvalue weighted by atomic mass is 10.0. The lowest BCUT2D eigenvalue weighted by molar-refractivity contribution is 0.148. The third-order valence-electron chi connectivity index (χ3n) is 5.20. The number of fused-ring (bicyclic) bond motifs is 1. The molecule has 1 amide bonds. The van der Waals surface area contributed by atoms with Crippen molar-refractivity contribution in [3.63, 3.8) is 0 Å². The summed E-state index contributed by atoms with van der Waals surface area (Å²) in [6.45, 7) is 5.99. The van der Waals surface area contributed by atoms with Crippen LogP contribution in [-0.4, -0.2) is 29.0 Å². The SMILES string of the molecule is CCOC(=O)N[C@@H]1CCc2c(-c3nnc(-c4ccc(OC(C)C)c(C#N)c4)s3)cccc21. The first-order valence-corrected chi connectivity index (χ1v) is 11.4. The van der Waals surface area contributed by atoms with Crippen LogP contribution in [0.4, 0.5) is 4.79 Å². The summed E-state index contributed by atoms with van der Waals surface area (Å²) in [6, 6.07) is 13.7. The Morgan fingerprint density at radius 2 is 2.09 bits per heavy atom. The average molecular weight is 449 g/mol. The Morgan fingerprint density at radius 1 is 1.28 bits per heavy atom. The molecule has 0 saturated carbocycles. The molecule has 1 aromatic heterocycles. The van der Waals surface area contributed by atoms with E-state index in [1.165, 1.54) is 16.9 Å². The summed E-state index contributed by atoms with van der Waals surface area (Å²) < 4.78 is 10.7. The Labute approximate surface area is 191 Å². The van der Waals surface area contributed by atoms with Gasteiger partial charge in [0, 0.05) is 11.1 Å². The zero-order valence-electron chi connectivity index (χ0n) is 18.2. The summed E-state index contributed by atoms with van der Waals surface area (Å²) in [5, 5.41) is 22.8. The third kappa shape index (κ3) is 4.43. The fourth-order valence-electron chi connectivity index (χ4n) is 3.88. The molecule has 0 radical (unpaired) electrons. The monoisotopic (exact) mass is 448 g/mol. The van der Waals surface area contributed by atoms with Gasteiger partial charge in [-0.2, -0.15) is 5.26 Å². The molecule has 1 N–H and O–H groups in total. The number of nitrogens with zero attached hydrogens (tertiary/aromatic N) is 3. The quantitative estimate of drug-likeness (QED) is 0.552. The molecule has 0 unspecified atom stereocenters. The van der Waals surface area contributed by atoms with E-state index in [4.69, 9.17) is 9.47 Å². The Bertz CT molecular complexity index is 1180. The van der Waals surface area contributed by atoms with Crippen LogP contribution in [0.5, 0.6) is 5.75 Å². The van der Waals surface area contributed by atoms with E-state index >= 15 is 0 Å². The van der Waals surface area contributed by atoms with Crippen molar-refractivity contribution in [1.29, 1.82) is 5.26 Å². The predicted octanol–water partition coefficient (Wildman–Crippen LogP) is 5.26. The molecule has 0 aliphatic heterocycles. The van der Waals surface area contributed by atoms with Crippen LogP contribution in [0.1, 0.15) is 49.9 Å². The third-order valence-corrected chi connectivity index (χ3v) is 6.21. The van der Waals surface area contributed by atoms with Crippen molar-refractivity contribution >= 4 is 17.4 Å². The number of carbonyl (C=O) groups excluding carboxylic acids is 1. The Kier molecular flexibility index (Phi) is 6.37. The molecule has 8 heteroatoms. The second kappa shape index (κ2) is 9.37. The van der Waals surface area contributed by atoms with Gasteiger partial charge in [0.25, 0.3) is 0 Å². The molecular formula is C24H24N4O3S. The van der Waals surface area contributed by atoms with Gasteiger partial charge in [0.15, 0.2) is 0 Å². The van der Waals surface area contributed by atoms with Gasteiger partial charge in [-0.15, -0.1) is 10.2 Å². The molecule has 0 saturated heterocycles. The van der Waals surface area contributed by atoms with Gasteiger partial charge in [0.1, 0.15) is 21.8 Å². The second-order valence-corrected chi connectivity index (χ2v) is 8.71. The van der Waals surface area contributed by atoms with Crippen molar-refractivity contribution in [3.05, 3.63) is 53.1 Å². The van der Waals surface area contributed by atoms with Gasteiger partial charge in [0.2, 0.25) is 0 Å². The molecule has 1 heterocycles. The van der Waals surface area contributed by atoms with Crippen molar-refractivity contribution in [2.45, 2.75) is 45.8 Å². The molecule has 1 atom stereocenters. The molecule has 0 fully saturated rings. The summed E-state index contributed by atoms with van der Waals surface area (Å²) in [6.07, 6.45) is 1.26. The van der Waals surface area contributed by atoms with Crippen LogP contribution in [0.3, 0.4) is 0 Å². The summed E-state index contributed by atoms with van der Waals surface area (Å²) in [7, 11) is 0. The maximum absolute atomic E-state index is 11.9. The molecule has 164 valence electrons. The van der Waals surface area contributed by atoms with Crippen molar-refractivity contribution in [2.24, 2.45) is 0 Å². The maximum atomic E-state index is 11.9. The highest BCUT2D eigenvalue weighted by Gasteiger charge is 2.27. The first-order valence-electron chi connectivity index (χ1n) is 10.6. The van der Waals surface area contributed by atoms with Crippen molar-refractivity contribution in [2.75, 3.05) is 6.61 Å². The first kappa shape index (κ1) is 21.8. The van der Waals surface area contributed by atoms with Crippen LogP contribution in [-0.2, 0) is 11.2 Å². The molecule has 32 heavy (non-hydrogen) atoms. The van der Waals surface area contributed by atoms with Gasteiger partial charge in [-0.05, 0) is 62.9 Å². The van der Waals surface area contributed by atoms with Gasteiger partial charge in [-0.25, -0.2) is 4.79 Å². The van der Waals surface area contributed by atoms with E-state index in [9.17, 15) is 10.1 Å². The molecule has 4 rings (SSSR count). The highest BCUT2D eigenvalue weighted by Crippen LogP contribution is 2.40. The largest absolute Gasteiger partial charge is 0.490 e. The second-order valence-electron chi connectivity index (χ2n) is 7.73. The Morgan fingerprint density at radius 3 is 2.84 bits per heavy atom. The lowest BCUT2D eigenvalue weighted by Crippen LogP contribution is -2.27. The molecule has 0 bridgehead atoms. The molecule has 0 spiro atoms. The number of benzene rings is 2. The summed E-state index contributed by atoms with van der Waals surface area (Å²) in [4.78, 5) is 11.9. The van der Waals surface area contributed by atoms with Crippen LogP contribution >= 0.6 is 11.3 Å². The number of nitriles is 1. The van der Waals surface area contributed by atoms with Crippen molar-refractivity contribution < 1.29 is 14.3 Å². The Balaban J connectivity index is 1.61. The number of rotatable bonds is 6. The minimum atomic E-state index is -0.396. The number of hydrogen-bond donors (Lipinski definition) is 1. The molecule has 2 aromatic carbocycles. The first-order chi connectivity index (χ1) is 15.5. The Hall–Kier alpha value is -3.44. The van der Waals surface area contributed by atoms with Crippen LogP contribution in [0, 0.1) is 11.3 Å². The van der Waals surface area contributed by atoms with Gasteiger partial charge >= 0.3 is 6.09 Å². The lowest BCUT2D eigenvalue weighted by Gasteiger charge is -2.14. The van der Waals surface area contributed by atoms with E-state index in [2.05, 4.69) is 21.6 Å². The number of ether oxygens (including phenoxy) is 2. The van der Waals surface area contributed by atoms with E-state index in [1.807, 2.05) is 38.1 Å². The number of alkyl carbamates (subject to hydrolysis) is 1. The van der Waals surface area contributed by atoms with E-state index in [0.717, 1.165) is 39.5 Å². The predicted molar refractivity (Wildman–Crippen MR) is 122 cm³/mol. The maximum Gasteiger partial charge on any atom is 0.407 e. The molecule has 1 aliphatic rings. The molecule has 3 aromatic rings. The van der Waals surface area contributed by atoms with Gasteiger partial charge < -0.3 is 14.8 Å². The topological polar surface area (TPSA) is 97.1 Å². The van der Waals surface area contributed by atoms with Crippen molar-refractivity contribution in [1.82, 2.24) is 15.5 Å². The fraction of sp³-hybridized carbons (Fsp3) is 0.333. The number of nitrogens with one attached hydrogen (secondary N) is 1. The van der Waals surface area contributed by atoms with Crippen molar-refractivity contribution in [3.8, 4) is 33.0 Å². The molecule has 7 nitrogen and oxygen atoms in total. The van der Waals surface area contributed by atoms with Crippen LogP contribution in [0.25, 0.3) is 21.1 Å². The van der Waals surface area contributed by atoms with E-state index < -0.39 is 6.09 Å². The standard InChI is InChI=1S/C24H24N4O3S/c1-4-30-24(29)26-20-10-9-17-18(20)6-5-7-19(17)23-28-27-22(32-23)15-8-11-21(31-14(2)3)16(12-15)13-25/h5-8,11-12,14,20H,4,9-10H2,1-3H3,(H,26,29)/t20-/m1/s1. The highest BCUT2D eigenvalue weighted by atomic mass is 32.1. The summed E-state index contributed by atoms with van der Waals surface area (Å²) in [5.41, 5.74) is 4.60. The van der Waals surface area contributed by atoms with Crippen LogP contribution in [0.15, 0.2) is 36.4 Å². The number of amides is 1. The van der Waals surface area contributed by atoms with Gasteiger partial charge in [0.05, 0.1) is 24.3 Å².